The van der Waals surface area contributed by atoms with Gasteiger partial charge in [-0.2, -0.15) is 4.98 Å². The molecule has 24 heavy (non-hydrogen) atoms. The van der Waals surface area contributed by atoms with Crippen molar-refractivity contribution in [3.8, 4) is 11.4 Å². The summed E-state index contributed by atoms with van der Waals surface area (Å²) in [4.78, 5) is 20.3. The Balaban J connectivity index is 1.57. The number of hydrogen-bond donors (Lipinski definition) is 1. The van der Waals surface area contributed by atoms with Crippen LogP contribution >= 0.6 is 11.6 Å². The molecule has 7 heteroatoms. The second-order valence-corrected chi connectivity index (χ2v) is 5.72. The average molecular weight is 343 g/mol. The SMILES string of the molecule is Cc1ccnc(NC(=O)CCc2nc(-c3ccc(Cl)cc3)no2)c1. The first-order valence-electron chi connectivity index (χ1n) is 7.41. The van der Waals surface area contributed by atoms with E-state index in [-0.39, 0.29) is 12.3 Å². The van der Waals surface area contributed by atoms with E-state index >= 15 is 0 Å². The van der Waals surface area contributed by atoms with E-state index in [1.54, 1.807) is 18.3 Å². The van der Waals surface area contributed by atoms with Crippen molar-refractivity contribution in [2.45, 2.75) is 19.8 Å². The minimum Gasteiger partial charge on any atom is -0.339 e. The van der Waals surface area contributed by atoms with Crippen LogP contribution in [0.5, 0.6) is 0 Å². The summed E-state index contributed by atoms with van der Waals surface area (Å²) in [6, 6.07) is 10.8. The minimum atomic E-state index is -0.153. The lowest BCUT2D eigenvalue weighted by Crippen LogP contribution is -2.13. The van der Waals surface area contributed by atoms with E-state index in [0.29, 0.717) is 29.0 Å². The minimum absolute atomic E-state index is 0.153. The summed E-state index contributed by atoms with van der Waals surface area (Å²) in [6.45, 7) is 1.94. The molecule has 0 unspecified atom stereocenters. The number of hydrogen-bond acceptors (Lipinski definition) is 5. The van der Waals surface area contributed by atoms with E-state index < -0.39 is 0 Å². The van der Waals surface area contributed by atoms with Gasteiger partial charge in [0.25, 0.3) is 0 Å². The maximum absolute atomic E-state index is 12.0. The molecular weight excluding hydrogens is 328 g/mol. The molecule has 122 valence electrons. The average Bonchev–Trinajstić information content (AvgIpc) is 3.03. The molecule has 1 aromatic carbocycles. The van der Waals surface area contributed by atoms with Gasteiger partial charge in [0, 0.05) is 29.6 Å². The highest BCUT2D eigenvalue weighted by atomic mass is 35.5. The highest BCUT2D eigenvalue weighted by Gasteiger charge is 2.11. The second-order valence-electron chi connectivity index (χ2n) is 5.29. The van der Waals surface area contributed by atoms with Crippen LogP contribution in [0.1, 0.15) is 17.9 Å². The number of carbonyl (C=O) groups is 1. The van der Waals surface area contributed by atoms with Gasteiger partial charge in [0.2, 0.25) is 17.6 Å². The van der Waals surface area contributed by atoms with Gasteiger partial charge >= 0.3 is 0 Å². The van der Waals surface area contributed by atoms with Gasteiger partial charge in [-0.3, -0.25) is 4.79 Å². The number of halogens is 1. The summed E-state index contributed by atoms with van der Waals surface area (Å²) >= 11 is 5.85. The van der Waals surface area contributed by atoms with Gasteiger partial charge in [0.15, 0.2) is 0 Å². The molecule has 1 amide bonds. The van der Waals surface area contributed by atoms with Crippen molar-refractivity contribution in [2.75, 3.05) is 5.32 Å². The van der Waals surface area contributed by atoms with Gasteiger partial charge in [0.1, 0.15) is 5.82 Å². The lowest BCUT2D eigenvalue weighted by molar-refractivity contribution is -0.116. The number of anilines is 1. The first-order valence-corrected chi connectivity index (χ1v) is 7.79. The summed E-state index contributed by atoms with van der Waals surface area (Å²) in [7, 11) is 0. The molecule has 3 rings (SSSR count). The van der Waals surface area contributed by atoms with Gasteiger partial charge in [-0.25, -0.2) is 4.98 Å². The monoisotopic (exact) mass is 342 g/mol. The van der Waals surface area contributed by atoms with E-state index in [4.69, 9.17) is 16.1 Å². The molecule has 0 fully saturated rings. The van der Waals surface area contributed by atoms with Gasteiger partial charge in [-0.1, -0.05) is 16.8 Å². The van der Waals surface area contributed by atoms with Crippen LogP contribution in [-0.2, 0) is 11.2 Å². The normalized spacial score (nSPS) is 10.6. The van der Waals surface area contributed by atoms with Crippen molar-refractivity contribution in [1.82, 2.24) is 15.1 Å². The predicted molar refractivity (Wildman–Crippen MR) is 90.7 cm³/mol. The van der Waals surface area contributed by atoms with Crippen molar-refractivity contribution >= 4 is 23.3 Å². The summed E-state index contributed by atoms with van der Waals surface area (Å²) < 4.78 is 5.18. The molecule has 0 bridgehead atoms. The Bertz CT molecular complexity index is 846. The van der Waals surface area contributed by atoms with Crippen LogP contribution in [0.25, 0.3) is 11.4 Å². The van der Waals surface area contributed by atoms with E-state index in [1.807, 2.05) is 31.2 Å². The molecule has 1 N–H and O–H groups in total. The molecule has 0 spiro atoms. The fraction of sp³-hybridized carbons (Fsp3) is 0.176. The summed E-state index contributed by atoms with van der Waals surface area (Å²) in [5.41, 5.74) is 1.84. The molecule has 0 atom stereocenters. The highest BCUT2D eigenvalue weighted by molar-refractivity contribution is 6.30. The van der Waals surface area contributed by atoms with Gasteiger partial charge in [-0.05, 0) is 48.9 Å². The Kier molecular flexibility index (Phi) is 4.86. The number of nitrogens with zero attached hydrogens (tertiary/aromatic N) is 3. The first-order chi connectivity index (χ1) is 11.6. The molecule has 3 aromatic rings. The Morgan fingerprint density at radius 3 is 2.79 bits per heavy atom. The Hall–Kier alpha value is -2.73. The maximum atomic E-state index is 12.0. The first kappa shape index (κ1) is 16.1. The number of amides is 1. The van der Waals surface area contributed by atoms with Crippen LogP contribution in [0.3, 0.4) is 0 Å². The molecule has 0 aliphatic rings. The van der Waals surface area contributed by atoms with Crippen LogP contribution in [0.2, 0.25) is 5.02 Å². The summed E-state index contributed by atoms with van der Waals surface area (Å²) in [5.74, 6) is 1.27. The predicted octanol–water partition coefficient (Wildman–Crippen LogP) is 3.66. The Morgan fingerprint density at radius 2 is 2.04 bits per heavy atom. The third-order valence-electron chi connectivity index (χ3n) is 3.32. The van der Waals surface area contributed by atoms with Crippen LogP contribution in [-0.4, -0.2) is 21.0 Å². The maximum Gasteiger partial charge on any atom is 0.227 e. The van der Waals surface area contributed by atoms with Gasteiger partial charge in [-0.15, -0.1) is 0 Å². The third kappa shape index (κ3) is 4.17. The Labute approximate surface area is 143 Å². The number of aryl methyl sites for hydroxylation is 2. The van der Waals surface area contributed by atoms with Crippen molar-refractivity contribution in [3.05, 3.63) is 59.1 Å². The lowest BCUT2D eigenvalue weighted by atomic mass is 10.2. The highest BCUT2D eigenvalue weighted by Crippen LogP contribution is 2.19. The Morgan fingerprint density at radius 1 is 1.25 bits per heavy atom. The molecule has 0 saturated carbocycles. The molecular formula is C17H15ClN4O2. The molecule has 6 nitrogen and oxygen atoms in total. The fourth-order valence-electron chi connectivity index (χ4n) is 2.10. The number of carbonyl (C=O) groups excluding carboxylic acids is 1. The number of rotatable bonds is 5. The summed E-state index contributed by atoms with van der Waals surface area (Å²) in [6.07, 6.45) is 2.25. The smallest absolute Gasteiger partial charge is 0.227 e. The van der Waals surface area contributed by atoms with E-state index in [2.05, 4.69) is 20.4 Å². The zero-order valence-corrected chi connectivity index (χ0v) is 13.7. The van der Waals surface area contributed by atoms with Crippen LogP contribution in [0.15, 0.2) is 47.1 Å². The topological polar surface area (TPSA) is 80.9 Å². The molecule has 0 aliphatic heterocycles. The van der Waals surface area contributed by atoms with Gasteiger partial charge < -0.3 is 9.84 Å². The largest absolute Gasteiger partial charge is 0.339 e. The van der Waals surface area contributed by atoms with E-state index in [9.17, 15) is 4.79 Å². The number of aromatic nitrogens is 3. The van der Waals surface area contributed by atoms with Crippen LogP contribution in [0, 0.1) is 6.92 Å². The molecule has 0 radical (unpaired) electrons. The number of nitrogens with one attached hydrogen (secondary N) is 1. The number of benzene rings is 1. The van der Waals surface area contributed by atoms with E-state index in [1.165, 1.54) is 0 Å². The third-order valence-corrected chi connectivity index (χ3v) is 3.57. The lowest BCUT2D eigenvalue weighted by Gasteiger charge is -2.03. The number of pyridine rings is 1. The van der Waals surface area contributed by atoms with Gasteiger partial charge in [0.05, 0.1) is 0 Å². The fourth-order valence-corrected chi connectivity index (χ4v) is 2.23. The van der Waals surface area contributed by atoms with Crippen molar-refractivity contribution in [3.63, 3.8) is 0 Å². The standard InChI is InChI=1S/C17H15ClN4O2/c1-11-8-9-19-14(10-11)20-15(23)6-7-16-21-17(22-24-16)12-2-4-13(18)5-3-12/h2-5,8-10H,6-7H2,1H3,(H,19,20,23). The quantitative estimate of drug-likeness (QED) is 0.765. The molecule has 2 heterocycles. The second kappa shape index (κ2) is 7.23. The molecule has 2 aromatic heterocycles. The zero-order valence-electron chi connectivity index (χ0n) is 13.0. The van der Waals surface area contributed by atoms with Crippen molar-refractivity contribution < 1.29 is 9.32 Å². The van der Waals surface area contributed by atoms with E-state index in [0.717, 1.165) is 11.1 Å². The summed E-state index contributed by atoms with van der Waals surface area (Å²) in [5, 5.41) is 7.30. The zero-order chi connectivity index (χ0) is 16.9. The van der Waals surface area contributed by atoms with Crippen molar-refractivity contribution in [1.29, 1.82) is 0 Å². The van der Waals surface area contributed by atoms with Crippen LogP contribution in [0.4, 0.5) is 5.82 Å². The van der Waals surface area contributed by atoms with Crippen molar-refractivity contribution in [2.24, 2.45) is 0 Å². The molecule has 0 saturated heterocycles. The van der Waals surface area contributed by atoms with Crippen LogP contribution < -0.4 is 5.32 Å². The molecule has 0 aliphatic carbocycles.